The van der Waals surface area contributed by atoms with Crippen molar-refractivity contribution in [1.82, 2.24) is 15.5 Å². The van der Waals surface area contributed by atoms with Crippen LogP contribution in [0.15, 0.2) is 12.2 Å². The Kier molecular flexibility index (Phi) is 55.0. The highest BCUT2D eigenvalue weighted by Gasteiger charge is 2.01. The first-order valence-corrected chi connectivity index (χ1v) is 14.0. The first-order chi connectivity index (χ1) is 21.0. The Balaban J connectivity index is -0.000000392. The summed E-state index contributed by atoms with van der Waals surface area (Å²) in [6, 6.07) is 0. The first-order valence-electron chi connectivity index (χ1n) is 14.0. The second-order valence-electron chi connectivity index (χ2n) is 7.75. The highest BCUT2D eigenvalue weighted by molar-refractivity contribution is 5.91. The lowest BCUT2D eigenvalue weighted by Gasteiger charge is -2.09. The summed E-state index contributed by atoms with van der Waals surface area (Å²) >= 11 is 0. The van der Waals surface area contributed by atoms with E-state index in [0.29, 0.717) is 105 Å². The molecule has 0 unspecified atom stereocenters. The van der Waals surface area contributed by atoms with Gasteiger partial charge in [0.15, 0.2) is 0 Å². The van der Waals surface area contributed by atoms with Crippen molar-refractivity contribution in [2.24, 2.45) is 0 Å². The number of likely N-dealkylation sites (N-methyl/N-ethyl adjacent to an activating group) is 1. The Morgan fingerprint density at radius 3 is 1.44 bits per heavy atom. The largest absolute Gasteiger partial charge is 0.400 e. The van der Waals surface area contributed by atoms with E-state index in [-0.39, 0.29) is 12.5 Å². The van der Waals surface area contributed by atoms with Crippen LogP contribution < -0.4 is 10.6 Å². The van der Waals surface area contributed by atoms with Gasteiger partial charge in [0, 0.05) is 46.9 Å². The monoisotopic (exact) mass is 627 g/mol. The van der Waals surface area contributed by atoms with Crippen molar-refractivity contribution in [3.63, 3.8) is 0 Å². The molecule has 0 rings (SSSR count). The van der Waals surface area contributed by atoms with Crippen LogP contribution >= 0.6 is 0 Å². The quantitative estimate of drug-likeness (QED) is 0.0532. The molecule has 256 valence electrons. The fraction of sp³-hybridized carbons (Fsp3) is 0.786. The molecular formula is C28H57N3O12. The Bertz CT molecular complexity index is 587. The van der Waals surface area contributed by atoms with Crippen LogP contribution in [-0.4, -0.2) is 176 Å². The van der Waals surface area contributed by atoms with Crippen molar-refractivity contribution in [3.8, 4) is 0 Å². The van der Waals surface area contributed by atoms with Crippen molar-refractivity contribution in [1.29, 1.82) is 0 Å². The lowest BCUT2D eigenvalue weighted by molar-refractivity contribution is -0.127. The number of hydrogen-bond acceptors (Lipinski definition) is 14. The Morgan fingerprint density at radius 1 is 0.674 bits per heavy atom. The molecule has 0 saturated heterocycles. The van der Waals surface area contributed by atoms with Crippen LogP contribution in [0.4, 0.5) is 0 Å². The molecule has 15 nitrogen and oxygen atoms in total. The number of aldehydes is 3. The molecule has 0 spiro atoms. The van der Waals surface area contributed by atoms with E-state index in [0.717, 1.165) is 38.6 Å². The zero-order valence-corrected chi connectivity index (χ0v) is 26.8. The molecule has 0 heterocycles. The number of amides is 1. The molecule has 43 heavy (non-hydrogen) atoms. The minimum atomic E-state index is -0.357. The van der Waals surface area contributed by atoms with Crippen LogP contribution in [0, 0.1) is 0 Å². The number of aliphatic hydroxyl groups excluding tert-OH is 1. The van der Waals surface area contributed by atoms with E-state index in [2.05, 4.69) is 10.6 Å². The van der Waals surface area contributed by atoms with Gasteiger partial charge in [-0.15, -0.1) is 0 Å². The van der Waals surface area contributed by atoms with Crippen LogP contribution in [0.2, 0.25) is 0 Å². The lowest BCUT2D eigenvalue weighted by atomic mass is 10.4. The molecule has 0 radical (unpaired) electrons. The molecule has 0 aliphatic rings. The predicted molar refractivity (Wildman–Crippen MR) is 162 cm³/mol. The molecule has 3 N–H and O–H groups in total. The molecule has 1 amide bonds. The van der Waals surface area contributed by atoms with Crippen LogP contribution in [0.3, 0.4) is 0 Å². The standard InChI is InChI=1S/C18H37NO8.C7H9NO3.C2H7N.CH4O/c1-21-9-10-25-15-12-23-7-3-19-4-8-24-13-16-27-18-17-26-14-11-22-6-2-5-20;1-8(4-6-10)7(11)3-2-5-9;1-3-2;1-2/h5,19H,2-4,6-18H2,1H3;2-3,5-6H,4H2,1H3;3H,1-2H3;2H,1H3/b;3-2-;;. The number of carbonyl (C=O) groups excluding carboxylic acids is 4. The average Bonchev–Trinajstić information content (AvgIpc) is 3.02. The zero-order valence-electron chi connectivity index (χ0n) is 26.8. The van der Waals surface area contributed by atoms with Crippen LogP contribution in [0.1, 0.15) is 6.42 Å². The third kappa shape index (κ3) is 52.9. The van der Waals surface area contributed by atoms with Crippen molar-refractivity contribution >= 4 is 24.8 Å². The number of rotatable bonds is 28. The molecule has 0 aliphatic carbocycles. The third-order valence-electron chi connectivity index (χ3n) is 4.19. The van der Waals surface area contributed by atoms with Gasteiger partial charge in [0.2, 0.25) is 5.91 Å². The molecule has 0 aliphatic heterocycles. The number of aliphatic hydroxyl groups is 1. The summed E-state index contributed by atoms with van der Waals surface area (Å²) < 4.78 is 36.9. The van der Waals surface area contributed by atoms with Gasteiger partial charge < -0.3 is 63.4 Å². The second kappa shape index (κ2) is 49.5. The Morgan fingerprint density at radius 2 is 1.07 bits per heavy atom. The van der Waals surface area contributed by atoms with E-state index in [1.165, 1.54) is 11.9 Å². The molecule has 0 bridgehead atoms. The summed E-state index contributed by atoms with van der Waals surface area (Å²) in [6.45, 7) is 8.91. The fourth-order valence-electron chi connectivity index (χ4n) is 2.22. The van der Waals surface area contributed by atoms with Gasteiger partial charge in [0.05, 0.1) is 92.4 Å². The van der Waals surface area contributed by atoms with Gasteiger partial charge in [-0.2, -0.15) is 0 Å². The summed E-state index contributed by atoms with van der Waals surface area (Å²) in [4.78, 5) is 41.8. The zero-order chi connectivity index (χ0) is 33.1. The maximum Gasteiger partial charge on any atom is 0.246 e. The van der Waals surface area contributed by atoms with Crippen molar-refractivity contribution in [2.45, 2.75) is 6.42 Å². The number of hydrogen-bond donors (Lipinski definition) is 3. The predicted octanol–water partition coefficient (Wildman–Crippen LogP) is -1.25. The summed E-state index contributed by atoms with van der Waals surface area (Å²) in [7, 11) is 7.88. The van der Waals surface area contributed by atoms with E-state index >= 15 is 0 Å². The minimum absolute atomic E-state index is 0.0437. The van der Waals surface area contributed by atoms with Crippen molar-refractivity contribution in [2.75, 3.05) is 141 Å². The van der Waals surface area contributed by atoms with Gasteiger partial charge in [0.1, 0.15) is 18.9 Å². The first kappa shape index (κ1) is 47.7. The van der Waals surface area contributed by atoms with Crippen LogP contribution in [0.25, 0.3) is 0 Å². The number of nitrogens with zero attached hydrogens (tertiary/aromatic N) is 1. The normalized spacial score (nSPS) is 10.0. The topological polar surface area (TPSA) is 180 Å². The number of nitrogens with one attached hydrogen (secondary N) is 2. The fourth-order valence-corrected chi connectivity index (χ4v) is 2.22. The molecular weight excluding hydrogens is 570 g/mol. The highest BCUT2D eigenvalue weighted by Crippen LogP contribution is 1.85. The van der Waals surface area contributed by atoms with Gasteiger partial charge in [0.25, 0.3) is 0 Å². The summed E-state index contributed by atoms with van der Waals surface area (Å²) in [5.41, 5.74) is 0. The lowest BCUT2D eigenvalue weighted by Crippen LogP contribution is -2.26. The van der Waals surface area contributed by atoms with Crippen molar-refractivity contribution < 1.29 is 57.4 Å². The smallest absolute Gasteiger partial charge is 0.246 e. The van der Waals surface area contributed by atoms with Gasteiger partial charge >= 0.3 is 0 Å². The van der Waals surface area contributed by atoms with Crippen LogP contribution in [0.5, 0.6) is 0 Å². The van der Waals surface area contributed by atoms with Gasteiger partial charge in [-0.05, 0) is 20.2 Å². The van der Waals surface area contributed by atoms with Gasteiger partial charge in [-0.1, -0.05) is 0 Å². The third-order valence-corrected chi connectivity index (χ3v) is 4.19. The maximum atomic E-state index is 10.8. The second-order valence-corrected chi connectivity index (χ2v) is 7.75. The molecule has 0 aromatic carbocycles. The van der Waals surface area contributed by atoms with E-state index in [1.54, 1.807) is 7.11 Å². The summed E-state index contributed by atoms with van der Waals surface area (Å²) in [6.07, 6.45) is 4.59. The van der Waals surface area contributed by atoms with E-state index < -0.39 is 0 Å². The number of allylic oxidation sites excluding steroid dienone is 1. The average molecular weight is 628 g/mol. The Hall–Kier alpha value is -2.18. The molecule has 0 aromatic heterocycles. The molecule has 0 fully saturated rings. The van der Waals surface area contributed by atoms with E-state index in [4.69, 9.17) is 38.3 Å². The summed E-state index contributed by atoms with van der Waals surface area (Å²) in [5, 5.41) is 13.0. The molecule has 15 heteroatoms. The van der Waals surface area contributed by atoms with Crippen LogP contribution in [-0.2, 0) is 52.3 Å². The van der Waals surface area contributed by atoms with Gasteiger partial charge in [-0.3, -0.25) is 9.59 Å². The maximum absolute atomic E-state index is 10.8. The summed E-state index contributed by atoms with van der Waals surface area (Å²) in [5.74, 6) is -0.357. The highest BCUT2D eigenvalue weighted by atomic mass is 16.6. The number of methoxy groups -OCH3 is 1. The Labute approximate surface area is 257 Å². The SMILES string of the molecule is CN(CC=O)C(=O)/C=C\C=O.CNC.CO.COCCOCCOCCNCCOCCOCCOCCOCCC=O. The number of ether oxygens (including phenoxy) is 7. The molecule has 0 aromatic rings. The van der Waals surface area contributed by atoms with Gasteiger partial charge in [-0.25, -0.2) is 0 Å². The molecule has 0 saturated carbocycles. The molecule has 0 atom stereocenters. The number of carbonyl (C=O) groups is 4. The van der Waals surface area contributed by atoms with E-state index in [9.17, 15) is 19.2 Å². The van der Waals surface area contributed by atoms with E-state index in [1.807, 2.05) is 14.1 Å². The minimum Gasteiger partial charge on any atom is -0.400 e. The van der Waals surface area contributed by atoms with Crippen molar-refractivity contribution in [3.05, 3.63) is 12.2 Å².